The van der Waals surface area contributed by atoms with Crippen LogP contribution < -0.4 is 10.6 Å². The number of hydrogen-bond acceptors (Lipinski definition) is 5. The molecule has 2 aromatic carbocycles. The van der Waals surface area contributed by atoms with Crippen LogP contribution in [0.1, 0.15) is 22.3 Å². The minimum atomic E-state index is -3.11. The molecule has 0 aromatic heterocycles. The van der Waals surface area contributed by atoms with Gasteiger partial charge < -0.3 is 15.2 Å². The molecule has 0 radical (unpaired) electrons. The average Bonchev–Trinajstić information content (AvgIpc) is 2.67. The van der Waals surface area contributed by atoms with Gasteiger partial charge in [0.2, 0.25) is 0 Å². The third-order valence-corrected chi connectivity index (χ3v) is 5.61. The largest absolute Gasteiger partial charge is 0.372 e. The summed E-state index contributed by atoms with van der Waals surface area (Å²) >= 11 is 5.91. The number of benzene rings is 2. The second-order valence-electron chi connectivity index (χ2n) is 6.45. The predicted molar refractivity (Wildman–Crippen MR) is 101 cm³/mol. The zero-order valence-corrected chi connectivity index (χ0v) is 16.6. The summed E-state index contributed by atoms with van der Waals surface area (Å²) in [6.45, 7) is -0.0394. The van der Waals surface area contributed by atoms with Crippen molar-refractivity contribution in [1.29, 1.82) is 0 Å². The molecule has 6 nitrogen and oxygen atoms in total. The number of hydrogen-bond donors (Lipinski definition) is 3. The van der Waals surface area contributed by atoms with Gasteiger partial charge in [-0.05, 0) is 30.3 Å². The molecule has 0 aliphatic carbocycles. The van der Waals surface area contributed by atoms with E-state index in [0.29, 0.717) is 0 Å². The summed E-state index contributed by atoms with van der Waals surface area (Å²) < 4.78 is 71.1. The quantitative estimate of drug-likeness (QED) is 0.431. The van der Waals surface area contributed by atoms with Crippen LogP contribution in [-0.2, 0) is 15.5 Å². The Kier molecular flexibility index (Phi) is 6.78. The summed E-state index contributed by atoms with van der Waals surface area (Å²) in [5.41, 5.74) is -3.06. The smallest absolute Gasteiger partial charge is 0.266 e. The van der Waals surface area contributed by atoms with Gasteiger partial charge in [-0.15, -0.1) is 0 Å². The molecule has 1 amide bonds. The van der Waals surface area contributed by atoms with Crippen LogP contribution in [0, 0.1) is 11.6 Å². The molecule has 0 spiro atoms. The number of aliphatic hydroxyl groups is 1. The number of anilines is 1. The van der Waals surface area contributed by atoms with Gasteiger partial charge in [0, 0.05) is 10.7 Å². The lowest BCUT2D eigenvalue weighted by Gasteiger charge is -2.36. The van der Waals surface area contributed by atoms with E-state index in [1.165, 1.54) is 0 Å². The highest BCUT2D eigenvalue weighted by Gasteiger charge is 2.36. The van der Waals surface area contributed by atoms with Crippen LogP contribution in [0.4, 0.5) is 23.2 Å². The second kappa shape index (κ2) is 8.98. The van der Waals surface area contributed by atoms with Crippen molar-refractivity contribution in [2.75, 3.05) is 24.4 Å². The Hall–Kier alpha value is -2.05. The molecule has 162 valence electrons. The fourth-order valence-corrected chi connectivity index (χ4v) is 3.96. The van der Waals surface area contributed by atoms with Crippen molar-refractivity contribution in [3.8, 4) is 0 Å². The first-order valence-electron chi connectivity index (χ1n) is 8.41. The number of nitrogens with one attached hydrogen (secondary N) is 2. The lowest BCUT2D eigenvalue weighted by molar-refractivity contribution is -0.193. The summed E-state index contributed by atoms with van der Waals surface area (Å²) in [4.78, 5) is 12.0. The highest BCUT2D eigenvalue weighted by Crippen LogP contribution is 2.27. The van der Waals surface area contributed by atoms with Gasteiger partial charge in [0.25, 0.3) is 12.3 Å². The van der Waals surface area contributed by atoms with E-state index in [9.17, 15) is 31.7 Å². The summed E-state index contributed by atoms with van der Waals surface area (Å²) in [6, 6.07) is 4.55. The molecular weight excluding hydrogens is 452 g/mol. The molecule has 2 aromatic rings. The number of carbonyl (C=O) groups excluding carboxylic acids is 1. The first-order chi connectivity index (χ1) is 14.1. The van der Waals surface area contributed by atoms with Crippen molar-refractivity contribution in [2.45, 2.75) is 17.0 Å². The number of carbonyl (C=O) groups is 1. The van der Waals surface area contributed by atoms with Crippen LogP contribution in [0.15, 0.2) is 35.2 Å². The molecule has 30 heavy (non-hydrogen) atoms. The summed E-state index contributed by atoms with van der Waals surface area (Å²) in [6.07, 6.45) is -3.11. The van der Waals surface area contributed by atoms with E-state index in [2.05, 4.69) is 10.6 Å². The molecule has 0 bridgehead atoms. The van der Waals surface area contributed by atoms with Gasteiger partial charge in [-0.2, -0.15) is 0 Å². The standard InChI is InChI=1S/C18H15ClF4N2O4S/c19-9-3-12(17(26)25-10-1-2-13(20)11(5-10)16(22)23)15(21)14(4-9)30(28)8-24-18(27)6-29-7-18/h1-5,16,24,27H,6-8H2,(H,25,26). The molecule has 1 fully saturated rings. The van der Waals surface area contributed by atoms with Crippen LogP contribution in [-0.4, -0.2) is 40.0 Å². The summed E-state index contributed by atoms with van der Waals surface area (Å²) in [5.74, 6) is -3.68. The topological polar surface area (TPSA) is 87.7 Å². The maximum Gasteiger partial charge on any atom is 0.266 e. The third kappa shape index (κ3) is 4.98. The van der Waals surface area contributed by atoms with E-state index >= 15 is 0 Å². The maximum atomic E-state index is 14.8. The minimum absolute atomic E-state index is 0.0197. The molecular formula is C18H15ClF4N2O4S. The normalized spacial score (nSPS) is 16.2. The maximum absolute atomic E-state index is 14.8. The van der Waals surface area contributed by atoms with Gasteiger partial charge in [-0.1, -0.05) is 11.6 Å². The highest BCUT2D eigenvalue weighted by atomic mass is 35.5. The van der Waals surface area contributed by atoms with Crippen LogP contribution in [0.3, 0.4) is 0 Å². The molecule has 0 saturated carbocycles. The van der Waals surface area contributed by atoms with Gasteiger partial charge in [0.05, 0.1) is 45.9 Å². The van der Waals surface area contributed by atoms with Gasteiger partial charge in [-0.25, -0.2) is 17.6 Å². The minimum Gasteiger partial charge on any atom is -0.372 e. The molecule has 3 N–H and O–H groups in total. The van der Waals surface area contributed by atoms with Crippen molar-refractivity contribution in [3.05, 3.63) is 58.1 Å². The number of amides is 1. The Morgan fingerprint density at radius 3 is 2.57 bits per heavy atom. The number of alkyl halides is 2. The van der Waals surface area contributed by atoms with E-state index in [-0.39, 0.29) is 29.8 Å². The zero-order chi connectivity index (χ0) is 22.1. The highest BCUT2D eigenvalue weighted by molar-refractivity contribution is 7.85. The Labute approximate surface area is 175 Å². The first kappa shape index (κ1) is 22.6. The van der Waals surface area contributed by atoms with Crippen molar-refractivity contribution in [2.24, 2.45) is 0 Å². The molecule has 12 heteroatoms. The van der Waals surface area contributed by atoms with E-state index < -0.39 is 56.5 Å². The van der Waals surface area contributed by atoms with Crippen LogP contribution in [0.2, 0.25) is 5.02 Å². The van der Waals surface area contributed by atoms with E-state index in [1.54, 1.807) is 0 Å². The van der Waals surface area contributed by atoms with Crippen molar-refractivity contribution < 1.29 is 36.4 Å². The molecule has 1 unspecified atom stereocenters. The van der Waals surface area contributed by atoms with E-state index in [0.717, 1.165) is 30.3 Å². The molecule has 1 heterocycles. The lowest BCUT2D eigenvalue weighted by Crippen LogP contribution is -2.61. The van der Waals surface area contributed by atoms with Gasteiger partial charge in [0.15, 0.2) is 11.5 Å². The van der Waals surface area contributed by atoms with Gasteiger partial charge in [0.1, 0.15) is 5.82 Å². The van der Waals surface area contributed by atoms with Gasteiger partial charge >= 0.3 is 0 Å². The van der Waals surface area contributed by atoms with Crippen molar-refractivity contribution in [1.82, 2.24) is 5.32 Å². The SMILES string of the molecule is O=C(Nc1ccc(F)c(C(F)F)c1)c1cc(Cl)cc(S(=O)CNC2(O)COC2)c1F. The molecule has 3 rings (SSSR count). The van der Waals surface area contributed by atoms with Crippen LogP contribution in [0.5, 0.6) is 0 Å². The van der Waals surface area contributed by atoms with E-state index in [1.807, 2.05) is 0 Å². The number of ether oxygens (including phenoxy) is 1. The van der Waals surface area contributed by atoms with Crippen molar-refractivity contribution >= 4 is 34.0 Å². The Morgan fingerprint density at radius 1 is 1.27 bits per heavy atom. The predicted octanol–water partition coefficient (Wildman–Crippen LogP) is 3.18. The molecule has 1 saturated heterocycles. The fraction of sp³-hybridized carbons (Fsp3) is 0.278. The Balaban J connectivity index is 1.81. The Morgan fingerprint density at radius 2 is 1.97 bits per heavy atom. The Bertz CT molecular complexity index is 1000. The summed E-state index contributed by atoms with van der Waals surface area (Å²) in [7, 11) is -2.02. The monoisotopic (exact) mass is 466 g/mol. The number of rotatable bonds is 7. The second-order valence-corrected chi connectivity index (χ2v) is 8.30. The van der Waals surface area contributed by atoms with Gasteiger partial charge in [-0.3, -0.25) is 14.3 Å². The molecule has 1 atom stereocenters. The summed E-state index contributed by atoms with van der Waals surface area (Å²) in [5, 5.41) is 14.5. The van der Waals surface area contributed by atoms with E-state index in [4.69, 9.17) is 16.3 Å². The zero-order valence-electron chi connectivity index (χ0n) is 15.1. The van der Waals surface area contributed by atoms with Crippen LogP contribution >= 0.6 is 11.6 Å². The fourth-order valence-electron chi connectivity index (χ4n) is 2.56. The van der Waals surface area contributed by atoms with Crippen LogP contribution in [0.25, 0.3) is 0 Å². The first-order valence-corrected chi connectivity index (χ1v) is 10.1. The van der Waals surface area contributed by atoms with Crippen molar-refractivity contribution in [3.63, 3.8) is 0 Å². The lowest BCUT2D eigenvalue weighted by atomic mass is 10.1. The third-order valence-electron chi connectivity index (χ3n) is 4.20. The average molecular weight is 467 g/mol. The number of halogens is 5. The molecule has 1 aliphatic heterocycles. The molecule has 1 aliphatic rings.